The number of rotatable bonds is 9. The Kier molecular flexibility index (Phi) is 7.21. The third kappa shape index (κ3) is 6.19. The normalized spacial score (nSPS) is 13.8. The van der Waals surface area contributed by atoms with Crippen LogP contribution in [0.4, 0.5) is 0 Å². The summed E-state index contributed by atoms with van der Waals surface area (Å²) in [5.41, 5.74) is 0. The molecule has 1 amide bonds. The maximum atomic E-state index is 11.8. The topological polar surface area (TPSA) is 110 Å². The second-order valence-corrected chi connectivity index (χ2v) is 7.63. The smallest absolute Gasteiger partial charge is 0.326 e. The van der Waals surface area contributed by atoms with Gasteiger partial charge in [-0.25, -0.2) is 13.2 Å². The average molecular weight is 357 g/mol. The molecule has 0 aliphatic rings. The molecule has 0 saturated heterocycles. The number of carbonyl (C=O) groups is 2. The third-order valence-corrected chi connectivity index (χ3v) is 4.77. The van der Waals surface area contributed by atoms with Crippen LogP contribution in [0.1, 0.15) is 26.7 Å². The van der Waals surface area contributed by atoms with Crippen LogP contribution in [0.25, 0.3) is 0 Å². The van der Waals surface area contributed by atoms with Crippen LogP contribution >= 0.6 is 0 Å². The van der Waals surface area contributed by atoms with Crippen molar-refractivity contribution in [2.24, 2.45) is 5.92 Å². The molecule has 0 saturated carbocycles. The van der Waals surface area contributed by atoms with E-state index in [-0.39, 0.29) is 23.8 Å². The monoisotopic (exact) mass is 357 g/mol. The van der Waals surface area contributed by atoms with Gasteiger partial charge in [-0.05, 0) is 30.2 Å². The van der Waals surface area contributed by atoms with Gasteiger partial charge in [-0.2, -0.15) is 0 Å². The largest absolute Gasteiger partial charge is 0.493 e. The Morgan fingerprint density at radius 3 is 2.29 bits per heavy atom. The number of hydrogen-bond donors (Lipinski definition) is 2. The van der Waals surface area contributed by atoms with E-state index in [4.69, 9.17) is 9.84 Å². The zero-order valence-electron chi connectivity index (χ0n) is 14.0. The number of sulfone groups is 1. The van der Waals surface area contributed by atoms with Crippen LogP contribution < -0.4 is 10.1 Å². The van der Waals surface area contributed by atoms with Crippen molar-refractivity contribution in [2.75, 3.05) is 12.9 Å². The van der Waals surface area contributed by atoms with Crippen molar-refractivity contribution in [1.29, 1.82) is 0 Å². The molecule has 0 spiro atoms. The van der Waals surface area contributed by atoms with Gasteiger partial charge >= 0.3 is 5.97 Å². The van der Waals surface area contributed by atoms with Crippen molar-refractivity contribution < 1.29 is 27.9 Å². The fourth-order valence-corrected chi connectivity index (χ4v) is 2.60. The van der Waals surface area contributed by atoms with E-state index in [1.54, 1.807) is 6.92 Å². The van der Waals surface area contributed by atoms with Crippen molar-refractivity contribution >= 4 is 21.7 Å². The quantitative estimate of drug-likeness (QED) is 0.693. The molecule has 24 heavy (non-hydrogen) atoms. The molecule has 0 bridgehead atoms. The fraction of sp³-hybridized carbons (Fsp3) is 0.500. The Balaban J connectivity index is 2.49. The van der Waals surface area contributed by atoms with E-state index in [1.807, 2.05) is 6.92 Å². The van der Waals surface area contributed by atoms with Gasteiger partial charge in [0.15, 0.2) is 9.84 Å². The van der Waals surface area contributed by atoms with Crippen molar-refractivity contribution in [2.45, 2.75) is 37.6 Å². The summed E-state index contributed by atoms with van der Waals surface area (Å²) in [6.45, 7) is 3.69. The number of carboxylic acids is 1. The van der Waals surface area contributed by atoms with E-state index in [0.29, 0.717) is 12.2 Å². The third-order valence-electron chi connectivity index (χ3n) is 3.65. The highest BCUT2D eigenvalue weighted by atomic mass is 32.2. The molecular formula is C16H23NO6S. The highest BCUT2D eigenvalue weighted by Crippen LogP contribution is 2.16. The van der Waals surface area contributed by atoms with Crippen LogP contribution in [0.2, 0.25) is 0 Å². The predicted molar refractivity (Wildman–Crippen MR) is 88.7 cm³/mol. The number of carboxylic acid groups (broad SMARTS) is 1. The van der Waals surface area contributed by atoms with Crippen LogP contribution in [0.3, 0.4) is 0 Å². The van der Waals surface area contributed by atoms with Crippen LogP contribution in [-0.2, 0) is 19.4 Å². The molecule has 0 heterocycles. The Morgan fingerprint density at radius 1 is 1.25 bits per heavy atom. The number of benzene rings is 1. The SMILES string of the molecule is CC[C@H](C)[C@H](NC(=O)CCOc1ccc(S(C)(=O)=O)cc1)C(=O)O. The van der Waals surface area contributed by atoms with Gasteiger partial charge in [0.2, 0.25) is 5.91 Å². The summed E-state index contributed by atoms with van der Waals surface area (Å²) in [4.78, 5) is 23.2. The molecule has 0 aromatic heterocycles. The standard InChI is InChI=1S/C16H23NO6S/c1-4-11(2)15(16(19)20)17-14(18)9-10-23-12-5-7-13(8-6-12)24(3,21)22/h5-8,11,15H,4,9-10H2,1-3H3,(H,17,18)(H,19,20)/t11-,15-/m0/s1. The highest BCUT2D eigenvalue weighted by Gasteiger charge is 2.25. The van der Waals surface area contributed by atoms with Gasteiger partial charge in [0, 0.05) is 6.26 Å². The van der Waals surface area contributed by atoms with Gasteiger partial charge in [-0.3, -0.25) is 4.79 Å². The van der Waals surface area contributed by atoms with Crippen molar-refractivity contribution in [3.63, 3.8) is 0 Å². The number of ether oxygens (including phenoxy) is 1. The fourth-order valence-electron chi connectivity index (χ4n) is 1.97. The van der Waals surface area contributed by atoms with Crippen molar-refractivity contribution in [1.82, 2.24) is 5.32 Å². The van der Waals surface area contributed by atoms with Crippen molar-refractivity contribution in [3.8, 4) is 5.75 Å². The molecule has 0 aliphatic heterocycles. The molecule has 0 unspecified atom stereocenters. The molecule has 0 radical (unpaired) electrons. The second-order valence-electron chi connectivity index (χ2n) is 5.61. The summed E-state index contributed by atoms with van der Waals surface area (Å²) in [7, 11) is -3.26. The molecule has 1 aromatic carbocycles. The van der Waals surface area contributed by atoms with Gasteiger partial charge in [-0.15, -0.1) is 0 Å². The first kappa shape index (κ1) is 20.0. The summed E-state index contributed by atoms with van der Waals surface area (Å²) < 4.78 is 28.1. The lowest BCUT2D eigenvalue weighted by Crippen LogP contribution is -2.45. The first-order chi connectivity index (χ1) is 11.1. The molecule has 1 aromatic rings. The van der Waals surface area contributed by atoms with E-state index in [0.717, 1.165) is 6.26 Å². The number of nitrogens with one attached hydrogen (secondary N) is 1. The maximum absolute atomic E-state index is 11.8. The van der Waals surface area contributed by atoms with Crippen LogP contribution in [0.15, 0.2) is 29.2 Å². The summed E-state index contributed by atoms with van der Waals surface area (Å²) in [6, 6.07) is 4.94. The number of hydrogen-bond acceptors (Lipinski definition) is 5. The van der Waals surface area contributed by atoms with E-state index >= 15 is 0 Å². The van der Waals surface area contributed by atoms with Crippen LogP contribution in [-0.4, -0.2) is 44.3 Å². The van der Waals surface area contributed by atoms with E-state index < -0.39 is 27.8 Å². The lowest BCUT2D eigenvalue weighted by molar-refractivity contribution is -0.143. The van der Waals surface area contributed by atoms with Gasteiger partial charge in [0.1, 0.15) is 11.8 Å². The first-order valence-corrected chi connectivity index (χ1v) is 9.49. The van der Waals surface area contributed by atoms with Gasteiger partial charge in [0.05, 0.1) is 17.9 Å². The lowest BCUT2D eigenvalue weighted by Gasteiger charge is -2.20. The Bertz CT molecular complexity index is 668. The van der Waals surface area contributed by atoms with Gasteiger partial charge in [-0.1, -0.05) is 20.3 Å². The summed E-state index contributed by atoms with van der Waals surface area (Å²) in [6.07, 6.45) is 1.76. The minimum Gasteiger partial charge on any atom is -0.493 e. The molecule has 2 atom stereocenters. The summed E-state index contributed by atoms with van der Waals surface area (Å²) >= 11 is 0. The van der Waals surface area contributed by atoms with Gasteiger partial charge < -0.3 is 15.2 Å². The highest BCUT2D eigenvalue weighted by molar-refractivity contribution is 7.90. The molecular weight excluding hydrogens is 334 g/mol. The molecule has 134 valence electrons. The number of aliphatic carboxylic acids is 1. The second kappa shape index (κ2) is 8.68. The van der Waals surface area contributed by atoms with E-state index in [1.165, 1.54) is 24.3 Å². The molecule has 2 N–H and O–H groups in total. The first-order valence-electron chi connectivity index (χ1n) is 7.60. The molecule has 7 nitrogen and oxygen atoms in total. The summed E-state index contributed by atoms with van der Waals surface area (Å²) in [5, 5.41) is 11.6. The number of carbonyl (C=O) groups excluding carboxylic acids is 1. The lowest BCUT2D eigenvalue weighted by atomic mass is 9.99. The Morgan fingerprint density at radius 2 is 1.83 bits per heavy atom. The van der Waals surface area contributed by atoms with Crippen LogP contribution in [0.5, 0.6) is 5.75 Å². The van der Waals surface area contributed by atoms with E-state index in [2.05, 4.69) is 5.32 Å². The molecule has 8 heteroatoms. The zero-order chi connectivity index (χ0) is 18.3. The Labute approximate surface area is 141 Å². The van der Waals surface area contributed by atoms with Crippen molar-refractivity contribution in [3.05, 3.63) is 24.3 Å². The molecule has 0 fully saturated rings. The van der Waals surface area contributed by atoms with E-state index in [9.17, 15) is 18.0 Å². The number of amides is 1. The maximum Gasteiger partial charge on any atom is 0.326 e. The minimum atomic E-state index is -3.26. The summed E-state index contributed by atoms with van der Waals surface area (Å²) in [5.74, 6) is -1.20. The minimum absolute atomic E-state index is 0.00798. The average Bonchev–Trinajstić information content (AvgIpc) is 2.51. The Hall–Kier alpha value is -2.09. The molecule has 1 rings (SSSR count). The van der Waals surface area contributed by atoms with Crippen LogP contribution in [0, 0.1) is 5.92 Å². The van der Waals surface area contributed by atoms with Gasteiger partial charge in [0.25, 0.3) is 0 Å². The zero-order valence-corrected chi connectivity index (χ0v) is 14.8. The molecule has 0 aliphatic carbocycles. The predicted octanol–water partition coefficient (Wildman–Crippen LogP) is 1.47.